The van der Waals surface area contributed by atoms with E-state index in [1.807, 2.05) is 0 Å². The zero-order valence-corrected chi connectivity index (χ0v) is 12.6. The minimum absolute atomic E-state index is 0.0663. The topological polar surface area (TPSA) is 86.7 Å². The van der Waals surface area contributed by atoms with Gasteiger partial charge in [-0.15, -0.1) is 11.3 Å². The maximum atomic E-state index is 12.0. The predicted molar refractivity (Wildman–Crippen MR) is 75.9 cm³/mol. The molecule has 1 saturated carbocycles. The third kappa shape index (κ3) is 4.02. The van der Waals surface area contributed by atoms with E-state index in [2.05, 4.69) is 4.72 Å². The molecular weight excluding hydrogens is 300 g/mol. The number of nitrogens with one attached hydrogen (secondary N) is 1. The second-order valence-electron chi connectivity index (χ2n) is 4.62. The summed E-state index contributed by atoms with van der Waals surface area (Å²) >= 11 is 1.14. The van der Waals surface area contributed by atoms with Gasteiger partial charge in [0, 0.05) is 25.6 Å². The molecule has 0 unspecified atom stereocenters. The van der Waals surface area contributed by atoms with E-state index in [0.717, 1.165) is 24.2 Å². The Labute approximate surface area is 122 Å². The van der Waals surface area contributed by atoms with Gasteiger partial charge in [0.15, 0.2) is 0 Å². The molecule has 1 aromatic heterocycles. The van der Waals surface area contributed by atoms with Gasteiger partial charge in [-0.2, -0.15) is 0 Å². The highest BCUT2D eigenvalue weighted by molar-refractivity contribution is 7.91. The Bertz CT molecular complexity index is 538. The fourth-order valence-corrected chi connectivity index (χ4v) is 4.00. The molecule has 1 fully saturated rings. The average Bonchev–Trinajstić information content (AvgIpc) is 3.07. The summed E-state index contributed by atoms with van der Waals surface area (Å²) in [5.74, 6) is -0.115. The fourth-order valence-electron chi connectivity index (χ4n) is 1.93. The number of hydrogen-bond donors (Lipinski definition) is 2. The normalized spacial score (nSPS) is 15.2. The summed E-state index contributed by atoms with van der Waals surface area (Å²) in [5, 5.41) is 10.6. The Kier molecular flexibility index (Phi) is 5.14. The molecule has 0 radical (unpaired) electrons. The third-order valence-electron chi connectivity index (χ3n) is 3.04. The maximum Gasteiger partial charge on any atom is 0.250 e. The lowest BCUT2D eigenvalue weighted by atomic mass is 10.3. The van der Waals surface area contributed by atoms with Crippen molar-refractivity contribution in [1.29, 1.82) is 0 Å². The van der Waals surface area contributed by atoms with Gasteiger partial charge in [0.1, 0.15) is 4.21 Å². The van der Waals surface area contributed by atoms with Crippen molar-refractivity contribution < 1.29 is 18.3 Å². The molecule has 0 bridgehead atoms. The van der Waals surface area contributed by atoms with Crippen molar-refractivity contribution in [2.24, 2.45) is 0 Å². The van der Waals surface area contributed by atoms with Crippen molar-refractivity contribution in [3.05, 3.63) is 17.5 Å². The van der Waals surface area contributed by atoms with E-state index < -0.39 is 10.0 Å². The SMILES string of the molecule is O=C(CCNS(=O)(=O)c1cccs1)N(CCO)C1CC1. The summed E-state index contributed by atoms with van der Waals surface area (Å²) in [5.41, 5.74) is 0. The molecule has 6 nitrogen and oxygen atoms in total. The van der Waals surface area contributed by atoms with Crippen molar-refractivity contribution in [3.63, 3.8) is 0 Å². The molecule has 1 aromatic rings. The molecule has 20 heavy (non-hydrogen) atoms. The zero-order valence-electron chi connectivity index (χ0n) is 11.0. The van der Waals surface area contributed by atoms with E-state index in [1.165, 1.54) is 6.07 Å². The van der Waals surface area contributed by atoms with Crippen molar-refractivity contribution in [2.75, 3.05) is 19.7 Å². The van der Waals surface area contributed by atoms with Crippen LogP contribution < -0.4 is 4.72 Å². The van der Waals surface area contributed by atoms with Gasteiger partial charge in [-0.05, 0) is 24.3 Å². The van der Waals surface area contributed by atoms with Crippen molar-refractivity contribution in [1.82, 2.24) is 9.62 Å². The summed E-state index contributed by atoms with van der Waals surface area (Å²) < 4.78 is 26.4. The first kappa shape index (κ1) is 15.4. The number of aliphatic hydroxyl groups is 1. The van der Waals surface area contributed by atoms with Crippen LogP contribution in [0.5, 0.6) is 0 Å². The number of rotatable bonds is 8. The molecule has 1 aliphatic carbocycles. The van der Waals surface area contributed by atoms with Gasteiger partial charge in [0.25, 0.3) is 0 Å². The van der Waals surface area contributed by atoms with E-state index in [-0.39, 0.29) is 35.7 Å². The number of sulfonamides is 1. The Morgan fingerprint density at radius 1 is 1.50 bits per heavy atom. The number of amides is 1. The second-order valence-corrected chi connectivity index (χ2v) is 7.56. The summed E-state index contributed by atoms with van der Waals surface area (Å²) in [6.45, 7) is 0.331. The number of nitrogens with zero attached hydrogens (tertiary/aromatic N) is 1. The summed E-state index contributed by atoms with van der Waals surface area (Å²) in [6, 6.07) is 3.42. The molecule has 1 aliphatic rings. The van der Waals surface area contributed by atoms with Crippen LogP contribution in [0.3, 0.4) is 0 Å². The number of thiophene rings is 1. The van der Waals surface area contributed by atoms with Gasteiger partial charge < -0.3 is 10.0 Å². The maximum absolute atomic E-state index is 12.0. The summed E-state index contributed by atoms with van der Waals surface area (Å²) in [4.78, 5) is 13.6. The van der Waals surface area contributed by atoms with Crippen LogP contribution in [-0.2, 0) is 14.8 Å². The van der Waals surface area contributed by atoms with Crippen LogP contribution in [-0.4, -0.2) is 50.1 Å². The first-order valence-electron chi connectivity index (χ1n) is 6.48. The lowest BCUT2D eigenvalue weighted by molar-refractivity contribution is -0.132. The van der Waals surface area contributed by atoms with E-state index in [9.17, 15) is 13.2 Å². The molecule has 8 heteroatoms. The molecule has 0 spiro atoms. The van der Waals surface area contributed by atoms with Gasteiger partial charge in [-0.3, -0.25) is 4.79 Å². The molecule has 0 saturated heterocycles. The molecule has 1 heterocycles. The monoisotopic (exact) mass is 318 g/mol. The van der Waals surface area contributed by atoms with E-state index in [0.29, 0.717) is 6.54 Å². The highest BCUT2D eigenvalue weighted by atomic mass is 32.2. The van der Waals surface area contributed by atoms with Gasteiger partial charge >= 0.3 is 0 Å². The average molecular weight is 318 g/mol. The first-order chi connectivity index (χ1) is 9.54. The van der Waals surface area contributed by atoms with E-state index in [1.54, 1.807) is 16.3 Å². The number of hydrogen-bond acceptors (Lipinski definition) is 5. The van der Waals surface area contributed by atoms with Gasteiger partial charge in [0.05, 0.1) is 6.61 Å². The molecular formula is C12H18N2O4S2. The molecule has 1 amide bonds. The third-order valence-corrected chi connectivity index (χ3v) is 5.90. The standard InChI is InChI=1S/C12H18N2O4S2/c15-8-7-14(10-3-4-10)11(16)5-6-13-20(17,18)12-2-1-9-19-12/h1-2,9-10,13,15H,3-8H2. The van der Waals surface area contributed by atoms with Crippen LogP contribution >= 0.6 is 11.3 Å². The van der Waals surface area contributed by atoms with Gasteiger partial charge in [-0.1, -0.05) is 6.07 Å². The minimum Gasteiger partial charge on any atom is -0.395 e. The number of carbonyl (C=O) groups excluding carboxylic acids is 1. The predicted octanol–water partition coefficient (Wildman–Crippen LogP) is 0.400. The quantitative estimate of drug-likeness (QED) is 0.726. The van der Waals surface area contributed by atoms with E-state index in [4.69, 9.17) is 5.11 Å². The molecule has 0 atom stereocenters. The smallest absolute Gasteiger partial charge is 0.250 e. The lowest BCUT2D eigenvalue weighted by Crippen LogP contribution is -2.37. The van der Waals surface area contributed by atoms with Crippen molar-refractivity contribution in [2.45, 2.75) is 29.5 Å². The Morgan fingerprint density at radius 2 is 2.25 bits per heavy atom. The Balaban J connectivity index is 1.81. The molecule has 0 aliphatic heterocycles. The van der Waals surface area contributed by atoms with Crippen LogP contribution in [0.4, 0.5) is 0 Å². The van der Waals surface area contributed by atoms with Crippen LogP contribution in [0.15, 0.2) is 21.7 Å². The van der Waals surface area contributed by atoms with Gasteiger partial charge in [0.2, 0.25) is 15.9 Å². The number of aliphatic hydroxyl groups excluding tert-OH is 1. The minimum atomic E-state index is -3.51. The second kappa shape index (κ2) is 6.66. The largest absolute Gasteiger partial charge is 0.395 e. The van der Waals surface area contributed by atoms with Crippen LogP contribution in [0.2, 0.25) is 0 Å². The molecule has 2 rings (SSSR count). The lowest BCUT2D eigenvalue weighted by Gasteiger charge is -2.21. The fraction of sp³-hybridized carbons (Fsp3) is 0.583. The van der Waals surface area contributed by atoms with Crippen LogP contribution in [0.1, 0.15) is 19.3 Å². The van der Waals surface area contributed by atoms with Gasteiger partial charge in [-0.25, -0.2) is 13.1 Å². The summed E-state index contributed by atoms with van der Waals surface area (Å²) in [6.07, 6.45) is 2.04. The van der Waals surface area contributed by atoms with Crippen molar-refractivity contribution >= 4 is 27.3 Å². The summed E-state index contributed by atoms with van der Waals surface area (Å²) in [7, 11) is -3.51. The zero-order chi connectivity index (χ0) is 14.6. The van der Waals surface area contributed by atoms with Crippen LogP contribution in [0.25, 0.3) is 0 Å². The van der Waals surface area contributed by atoms with Crippen LogP contribution in [0, 0.1) is 0 Å². The Morgan fingerprint density at radius 3 is 2.80 bits per heavy atom. The molecule has 0 aromatic carbocycles. The highest BCUT2D eigenvalue weighted by Gasteiger charge is 2.31. The van der Waals surface area contributed by atoms with E-state index >= 15 is 0 Å². The highest BCUT2D eigenvalue weighted by Crippen LogP contribution is 2.27. The molecule has 2 N–H and O–H groups in total. The number of carbonyl (C=O) groups is 1. The van der Waals surface area contributed by atoms with Crippen molar-refractivity contribution in [3.8, 4) is 0 Å². The molecule has 112 valence electrons. The Hall–Kier alpha value is -0.960. The first-order valence-corrected chi connectivity index (χ1v) is 8.84.